The summed E-state index contributed by atoms with van der Waals surface area (Å²) in [4.78, 5) is 34.7. The van der Waals surface area contributed by atoms with E-state index >= 15 is 0 Å². The van der Waals surface area contributed by atoms with Crippen molar-refractivity contribution in [2.45, 2.75) is 25.6 Å². The third-order valence-electron chi connectivity index (χ3n) is 7.19. The Labute approximate surface area is 204 Å². The molecule has 2 aromatic carbocycles. The molecule has 0 aliphatic carbocycles. The average Bonchev–Trinajstić information content (AvgIpc) is 3.21. The first-order chi connectivity index (χ1) is 17.1. The van der Waals surface area contributed by atoms with Crippen molar-refractivity contribution in [3.63, 3.8) is 0 Å². The molecular weight excluding hydrogens is 438 g/mol. The van der Waals surface area contributed by atoms with Gasteiger partial charge in [-0.25, -0.2) is 0 Å². The minimum Gasteiger partial charge on any atom is -0.354 e. The highest BCUT2D eigenvalue weighted by atomic mass is 16.2. The number of carbonyl (C=O) groups excluding carboxylic acids is 2. The first-order valence-corrected chi connectivity index (χ1v) is 12.0. The number of amides is 2. The molecule has 4 heterocycles. The number of carbonyl (C=O) groups is 2. The Morgan fingerprint density at radius 1 is 1.06 bits per heavy atom. The van der Waals surface area contributed by atoms with Crippen molar-refractivity contribution in [1.29, 1.82) is 0 Å². The number of pyridine rings is 1. The molecular formula is C28H27N5O2. The molecule has 4 aromatic rings. The molecule has 2 amide bonds. The van der Waals surface area contributed by atoms with Crippen LogP contribution in [-0.2, 0) is 24.2 Å². The molecule has 7 heteroatoms. The fourth-order valence-electron chi connectivity index (χ4n) is 5.57. The molecule has 2 aliphatic heterocycles. The quantitative estimate of drug-likeness (QED) is 0.490. The maximum atomic E-state index is 13.4. The molecule has 0 saturated heterocycles. The largest absolute Gasteiger partial charge is 0.354 e. The molecule has 6 rings (SSSR count). The van der Waals surface area contributed by atoms with Crippen LogP contribution in [-0.4, -0.2) is 46.4 Å². The minimum atomic E-state index is -0.252. The highest BCUT2D eigenvalue weighted by molar-refractivity contribution is 6.02. The van der Waals surface area contributed by atoms with Crippen molar-refractivity contribution in [1.82, 2.24) is 19.8 Å². The van der Waals surface area contributed by atoms with Crippen LogP contribution >= 0.6 is 0 Å². The zero-order valence-electron chi connectivity index (χ0n) is 19.6. The van der Waals surface area contributed by atoms with E-state index in [1.54, 1.807) is 12.4 Å². The predicted molar refractivity (Wildman–Crippen MR) is 135 cm³/mol. The maximum Gasteiger partial charge on any atom is 0.257 e. The molecule has 0 bridgehead atoms. The zero-order chi connectivity index (χ0) is 23.9. The van der Waals surface area contributed by atoms with E-state index in [0.717, 1.165) is 46.3 Å². The standard InChI is InChI=1S/C28H27N5O2/c1-31-23-8-4-3-7-22(23)28(35)32-17-13-21-20-6-2-5-9-24(20)33(26(21)27(31)32)18-25(34)30-16-12-19-10-14-29-15-11-19/h2-11,14-15,27H,12-13,16-18H2,1H3,(H,30,34). The fraction of sp³-hybridized carbons (Fsp3) is 0.250. The molecule has 1 N–H and O–H groups in total. The lowest BCUT2D eigenvalue weighted by Crippen LogP contribution is -2.51. The molecule has 35 heavy (non-hydrogen) atoms. The summed E-state index contributed by atoms with van der Waals surface area (Å²) in [5, 5.41) is 4.23. The van der Waals surface area contributed by atoms with Gasteiger partial charge in [-0.2, -0.15) is 0 Å². The van der Waals surface area contributed by atoms with E-state index in [9.17, 15) is 9.59 Å². The summed E-state index contributed by atoms with van der Waals surface area (Å²) < 4.78 is 2.11. The fourth-order valence-corrected chi connectivity index (χ4v) is 5.57. The van der Waals surface area contributed by atoms with E-state index in [1.165, 1.54) is 5.56 Å². The van der Waals surface area contributed by atoms with Crippen LogP contribution in [0.15, 0.2) is 73.1 Å². The van der Waals surface area contributed by atoms with E-state index in [0.29, 0.717) is 13.1 Å². The second kappa shape index (κ2) is 8.58. The average molecular weight is 466 g/mol. The van der Waals surface area contributed by atoms with Crippen molar-refractivity contribution in [3.05, 3.63) is 95.4 Å². The normalized spacial score (nSPS) is 16.6. The van der Waals surface area contributed by atoms with Crippen molar-refractivity contribution in [2.75, 3.05) is 25.0 Å². The molecule has 0 saturated carbocycles. The first-order valence-electron chi connectivity index (χ1n) is 12.0. The summed E-state index contributed by atoms with van der Waals surface area (Å²) in [5.41, 5.74) is 6.08. The lowest BCUT2D eigenvalue weighted by Gasteiger charge is -2.46. The van der Waals surface area contributed by atoms with Gasteiger partial charge in [-0.05, 0) is 54.3 Å². The summed E-state index contributed by atoms with van der Waals surface area (Å²) in [7, 11) is 2.04. The number of fused-ring (bicyclic) bond motifs is 6. The Hall–Kier alpha value is -4.13. The van der Waals surface area contributed by atoms with Gasteiger partial charge in [-0.3, -0.25) is 14.6 Å². The Kier molecular flexibility index (Phi) is 5.25. The lowest BCUT2D eigenvalue weighted by molar-refractivity contribution is -0.121. The molecule has 0 fully saturated rings. The zero-order valence-corrected chi connectivity index (χ0v) is 19.6. The Balaban J connectivity index is 1.35. The Morgan fingerprint density at radius 3 is 2.69 bits per heavy atom. The number of benzene rings is 2. The third kappa shape index (κ3) is 3.55. The number of hydrogen-bond acceptors (Lipinski definition) is 4. The molecule has 2 aromatic heterocycles. The van der Waals surface area contributed by atoms with Crippen LogP contribution in [0.1, 0.15) is 33.3 Å². The van der Waals surface area contributed by atoms with Gasteiger partial charge in [0.1, 0.15) is 12.7 Å². The van der Waals surface area contributed by atoms with Gasteiger partial charge in [0.15, 0.2) is 0 Å². The molecule has 1 atom stereocenters. The van der Waals surface area contributed by atoms with Crippen LogP contribution in [0.4, 0.5) is 5.69 Å². The number of anilines is 1. The van der Waals surface area contributed by atoms with Gasteiger partial charge in [-0.1, -0.05) is 30.3 Å². The monoisotopic (exact) mass is 465 g/mol. The number of rotatable bonds is 5. The van der Waals surface area contributed by atoms with E-state index in [1.807, 2.05) is 60.5 Å². The van der Waals surface area contributed by atoms with Crippen LogP contribution < -0.4 is 10.2 Å². The summed E-state index contributed by atoms with van der Waals surface area (Å²) in [6.07, 6.45) is 4.80. The van der Waals surface area contributed by atoms with Gasteiger partial charge in [-0.15, -0.1) is 0 Å². The van der Waals surface area contributed by atoms with Gasteiger partial charge < -0.3 is 19.7 Å². The van der Waals surface area contributed by atoms with Crippen LogP contribution in [0, 0.1) is 0 Å². The van der Waals surface area contributed by atoms with Crippen molar-refractivity contribution in [3.8, 4) is 0 Å². The number of nitrogens with one attached hydrogen (secondary N) is 1. The van der Waals surface area contributed by atoms with E-state index < -0.39 is 0 Å². The number of aromatic nitrogens is 2. The topological polar surface area (TPSA) is 70.5 Å². The lowest BCUT2D eigenvalue weighted by atomic mass is 9.96. The number of para-hydroxylation sites is 2. The minimum absolute atomic E-state index is 0.0371. The summed E-state index contributed by atoms with van der Waals surface area (Å²) >= 11 is 0. The molecule has 2 aliphatic rings. The van der Waals surface area contributed by atoms with Gasteiger partial charge in [0.05, 0.1) is 16.9 Å². The predicted octanol–water partition coefficient (Wildman–Crippen LogP) is 3.54. The van der Waals surface area contributed by atoms with Crippen LogP contribution in [0.25, 0.3) is 10.9 Å². The van der Waals surface area contributed by atoms with Crippen molar-refractivity contribution >= 4 is 28.4 Å². The number of hydrogen-bond donors (Lipinski definition) is 1. The summed E-state index contributed by atoms with van der Waals surface area (Å²) in [5.74, 6) is 0.0119. The van der Waals surface area contributed by atoms with Crippen molar-refractivity contribution in [2.24, 2.45) is 0 Å². The second-order valence-electron chi connectivity index (χ2n) is 9.17. The van der Waals surface area contributed by atoms with E-state index in [2.05, 4.69) is 31.9 Å². The van der Waals surface area contributed by atoms with E-state index in [4.69, 9.17) is 0 Å². The second-order valence-corrected chi connectivity index (χ2v) is 9.17. The van der Waals surface area contributed by atoms with E-state index in [-0.39, 0.29) is 24.5 Å². The summed E-state index contributed by atoms with van der Waals surface area (Å²) in [6.45, 7) is 1.42. The maximum absolute atomic E-state index is 13.4. The molecule has 176 valence electrons. The highest BCUT2D eigenvalue weighted by Crippen LogP contribution is 2.44. The SMILES string of the molecule is CN1c2ccccc2C(=O)N2CCc3c(n(CC(=O)NCCc4ccncc4)c4ccccc34)C21. The molecule has 1 unspecified atom stereocenters. The Morgan fingerprint density at radius 2 is 1.83 bits per heavy atom. The number of nitrogens with zero attached hydrogens (tertiary/aromatic N) is 4. The summed E-state index contributed by atoms with van der Waals surface area (Å²) in [6, 6.07) is 19.9. The van der Waals surface area contributed by atoms with Gasteiger partial charge in [0.2, 0.25) is 5.91 Å². The molecule has 0 spiro atoms. The first kappa shape index (κ1) is 21.4. The van der Waals surface area contributed by atoms with Crippen LogP contribution in [0.2, 0.25) is 0 Å². The van der Waals surface area contributed by atoms with Crippen LogP contribution in [0.3, 0.4) is 0 Å². The Bertz CT molecular complexity index is 1430. The van der Waals surface area contributed by atoms with Gasteiger partial charge in [0.25, 0.3) is 5.91 Å². The van der Waals surface area contributed by atoms with Gasteiger partial charge in [0, 0.05) is 43.4 Å². The van der Waals surface area contributed by atoms with Gasteiger partial charge >= 0.3 is 0 Å². The van der Waals surface area contributed by atoms with Crippen molar-refractivity contribution < 1.29 is 9.59 Å². The smallest absolute Gasteiger partial charge is 0.257 e. The van der Waals surface area contributed by atoms with Crippen LogP contribution in [0.5, 0.6) is 0 Å². The molecule has 0 radical (unpaired) electrons. The highest BCUT2D eigenvalue weighted by Gasteiger charge is 2.42. The molecule has 7 nitrogen and oxygen atoms in total. The third-order valence-corrected chi connectivity index (χ3v) is 7.19.